The quantitative estimate of drug-likeness (QED) is 0.790. The number of alkyl halides is 1. The molecule has 98 valence electrons. The Kier molecular flexibility index (Phi) is 3.99. The molecular weight excluding hydrogens is 238 g/mol. The first-order valence-electron chi connectivity index (χ1n) is 6.51. The van der Waals surface area contributed by atoms with Crippen molar-refractivity contribution in [1.29, 1.82) is 0 Å². The van der Waals surface area contributed by atoms with Crippen molar-refractivity contribution >= 4 is 17.5 Å². The van der Waals surface area contributed by atoms with E-state index in [0.717, 1.165) is 19.4 Å². The van der Waals surface area contributed by atoms with Crippen molar-refractivity contribution in [2.24, 2.45) is 11.3 Å². The number of carbonyl (C=O) groups excluding carboxylic acids is 1. The monoisotopic (exact) mass is 259 g/mol. The van der Waals surface area contributed by atoms with Crippen LogP contribution in [0.25, 0.3) is 0 Å². The second-order valence-corrected chi connectivity index (χ2v) is 6.26. The fraction of sp³-hybridized carbons (Fsp3) is 0.923. The van der Waals surface area contributed by atoms with E-state index in [2.05, 4.69) is 5.32 Å². The highest BCUT2D eigenvalue weighted by Gasteiger charge is 2.36. The van der Waals surface area contributed by atoms with Gasteiger partial charge in [0.15, 0.2) is 0 Å². The van der Waals surface area contributed by atoms with Crippen LogP contribution in [-0.4, -0.2) is 30.5 Å². The summed E-state index contributed by atoms with van der Waals surface area (Å²) in [5.74, 6) is 1.10. The molecule has 1 saturated carbocycles. The number of halogens is 1. The lowest BCUT2D eigenvalue weighted by atomic mass is 9.94. The maximum absolute atomic E-state index is 12.1. The first kappa shape index (κ1) is 13.2. The Bertz CT molecular complexity index is 285. The zero-order valence-corrected chi connectivity index (χ0v) is 11.4. The van der Waals surface area contributed by atoms with E-state index in [9.17, 15) is 4.79 Å². The van der Waals surface area contributed by atoms with Crippen LogP contribution >= 0.6 is 11.6 Å². The summed E-state index contributed by atoms with van der Waals surface area (Å²) < 4.78 is 5.81. The lowest BCUT2D eigenvalue weighted by molar-refractivity contribution is -0.130. The Morgan fingerprint density at radius 2 is 2.06 bits per heavy atom. The summed E-state index contributed by atoms with van der Waals surface area (Å²) in [5, 5.41) is 3.13. The fourth-order valence-electron chi connectivity index (χ4n) is 2.56. The van der Waals surface area contributed by atoms with Crippen molar-refractivity contribution in [2.75, 3.05) is 12.5 Å². The zero-order valence-electron chi connectivity index (χ0n) is 10.7. The van der Waals surface area contributed by atoms with Crippen molar-refractivity contribution in [3.8, 4) is 0 Å². The Morgan fingerprint density at radius 3 is 2.65 bits per heavy atom. The molecule has 2 bridgehead atoms. The molecule has 1 N–H and O–H groups in total. The van der Waals surface area contributed by atoms with Crippen LogP contribution in [0.2, 0.25) is 0 Å². The van der Waals surface area contributed by atoms with Crippen LogP contribution < -0.4 is 5.32 Å². The lowest BCUT2D eigenvalue weighted by Crippen LogP contribution is -2.49. The van der Waals surface area contributed by atoms with Crippen molar-refractivity contribution in [3.05, 3.63) is 0 Å². The molecule has 0 radical (unpaired) electrons. The summed E-state index contributed by atoms with van der Waals surface area (Å²) in [7, 11) is 0. The molecule has 3 rings (SSSR count). The smallest absolute Gasteiger partial charge is 0.227 e. The molecule has 3 fully saturated rings. The number of fused-ring (bicyclic) bond motifs is 4. The normalized spacial score (nSPS) is 33.2. The number of nitrogens with one attached hydrogen (secondary N) is 1. The molecule has 4 heteroatoms. The van der Waals surface area contributed by atoms with E-state index in [4.69, 9.17) is 16.3 Å². The van der Waals surface area contributed by atoms with Crippen LogP contribution in [0, 0.1) is 11.3 Å². The highest BCUT2D eigenvalue weighted by molar-refractivity contribution is 6.19. The molecule has 2 aliphatic heterocycles. The van der Waals surface area contributed by atoms with Gasteiger partial charge in [-0.1, -0.05) is 0 Å². The minimum atomic E-state index is -0.494. The Hall–Kier alpha value is -0.280. The summed E-state index contributed by atoms with van der Waals surface area (Å²) in [6, 6.07) is 0.178. The predicted octanol–water partition coefficient (Wildman–Crippen LogP) is 2.33. The average Bonchev–Trinajstić information content (AvgIpc) is 2.63. The highest BCUT2D eigenvalue weighted by atomic mass is 35.5. The number of hydrogen-bond donors (Lipinski definition) is 1. The highest BCUT2D eigenvalue weighted by Crippen LogP contribution is 2.31. The van der Waals surface area contributed by atoms with Gasteiger partial charge in [0.25, 0.3) is 0 Å². The van der Waals surface area contributed by atoms with E-state index in [1.165, 1.54) is 12.8 Å². The van der Waals surface area contributed by atoms with Crippen LogP contribution in [0.4, 0.5) is 0 Å². The maximum atomic E-state index is 12.1. The van der Waals surface area contributed by atoms with Gasteiger partial charge in [-0.15, -0.1) is 11.6 Å². The molecule has 2 heterocycles. The largest absolute Gasteiger partial charge is 0.376 e. The Morgan fingerprint density at radius 1 is 1.35 bits per heavy atom. The van der Waals surface area contributed by atoms with E-state index in [1.54, 1.807) is 0 Å². The van der Waals surface area contributed by atoms with E-state index in [0.29, 0.717) is 11.8 Å². The molecular formula is C13H22ClNO2. The molecule has 17 heavy (non-hydrogen) atoms. The maximum Gasteiger partial charge on any atom is 0.227 e. The first-order chi connectivity index (χ1) is 8.03. The van der Waals surface area contributed by atoms with Crippen molar-refractivity contribution < 1.29 is 9.53 Å². The van der Waals surface area contributed by atoms with Gasteiger partial charge in [-0.05, 0) is 45.4 Å². The predicted molar refractivity (Wildman–Crippen MR) is 68.1 cm³/mol. The van der Waals surface area contributed by atoms with E-state index in [-0.39, 0.29) is 18.1 Å². The molecule has 3 nitrogen and oxygen atoms in total. The summed E-state index contributed by atoms with van der Waals surface area (Å²) >= 11 is 5.82. The van der Waals surface area contributed by atoms with Gasteiger partial charge < -0.3 is 10.1 Å². The van der Waals surface area contributed by atoms with Gasteiger partial charge in [-0.2, -0.15) is 0 Å². The second kappa shape index (κ2) is 5.15. The summed E-state index contributed by atoms with van der Waals surface area (Å²) in [5.41, 5.74) is -0.494. The summed E-state index contributed by atoms with van der Waals surface area (Å²) in [6.07, 6.45) is 4.75. The van der Waals surface area contributed by atoms with Crippen molar-refractivity contribution in [2.45, 2.75) is 51.7 Å². The van der Waals surface area contributed by atoms with Gasteiger partial charge in [0, 0.05) is 12.5 Å². The van der Waals surface area contributed by atoms with E-state index >= 15 is 0 Å². The third-order valence-electron chi connectivity index (χ3n) is 4.01. The third-order valence-corrected chi connectivity index (χ3v) is 4.67. The number of hydrogen-bond acceptors (Lipinski definition) is 2. The molecule has 0 spiro atoms. The topological polar surface area (TPSA) is 38.3 Å². The van der Waals surface area contributed by atoms with Gasteiger partial charge in [0.2, 0.25) is 5.91 Å². The summed E-state index contributed by atoms with van der Waals surface area (Å²) in [6.45, 7) is 4.63. The molecule has 2 saturated heterocycles. The second-order valence-electron chi connectivity index (χ2n) is 5.99. The van der Waals surface area contributed by atoms with E-state index in [1.807, 2.05) is 13.8 Å². The van der Waals surface area contributed by atoms with Crippen LogP contribution in [-0.2, 0) is 9.53 Å². The Labute approximate surface area is 108 Å². The Balaban J connectivity index is 1.96. The molecule has 0 aromatic carbocycles. The van der Waals surface area contributed by atoms with Crippen LogP contribution in [0.1, 0.15) is 39.5 Å². The number of carbonyl (C=O) groups is 1. The molecule has 3 aliphatic rings. The minimum Gasteiger partial charge on any atom is -0.376 e. The molecule has 3 unspecified atom stereocenters. The van der Waals surface area contributed by atoms with Crippen LogP contribution in [0.3, 0.4) is 0 Å². The molecule has 3 atom stereocenters. The average molecular weight is 260 g/mol. The first-order valence-corrected chi connectivity index (χ1v) is 7.05. The van der Waals surface area contributed by atoms with Crippen LogP contribution in [0.15, 0.2) is 0 Å². The number of amides is 1. The molecule has 1 amide bonds. The fourth-order valence-corrected chi connectivity index (χ4v) is 2.68. The van der Waals surface area contributed by atoms with Crippen molar-refractivity contribution in [3.63, 3.8) is 0 Å². The standard InChI is InChI=1S/C13H22ClNO2/c1-13(2,8-14)12(16)15-10-5-3-9-4-6-11(10)17-7-9/h9-11H,3-8H2,1-2H3,(H,15,16). The lowest BCUT2D eigenvalue weighted by Gasteiger charge is -2.31. The minimum absolute atomic E-state index is 0.0476. The third kappa shape index (κ3) is 2.94. The van der Waals surface area contributed by atoms with Gasteiger partial charge in [-0.25, -0.2) is 0 Å². The molecule has 0 aromatic rings. The van der Waals surface area contributed by atoms with Gasteiger partial charge in [-0.3, -0.25) is 4.79 Å². The zero-order chi connectivity index (χ0) is 12.5. The van der Waals surface area contributed by atoms with E-state index < -0.39 is 5.41 Å². The SMILES string of the molecule is CC(C)(CCl)C(=O)NC1CCC2CCC1OC2. The van der Waals surface area contributed by atoms with Gasteiger partial charge in [0.1, 0.15) is 0 Å². The molecule has 0 aromatic heterocycles. The number of rotatable bonds is 3. The summed E-state index contributed by atoms with van der Waals surface area (Å²) in [4.78, 5) is 12.1. The molecule has 1 aliphatic carbocycles. The number of ether oxygens (including phenoxy) is 1. The van der Waals surface area contributed by atoms with Gasteiger partial charge in [0.05, 0.1) is 17.6 Å². The van der Waals surface area contributed by atoms with Crippen molar-refractivity contribution in [1.82, 2.24) is 5.32 Å². The van der Waals surface area contributed by atoms with Crippen LogP contribution in [0.5, 0.6) is 0 Å². The van der Waals surface area contributed by atoms with Gasteiger partial charge >= 0.3 is 0 Å².